The van der Waals surface area contributed by atoms with E-state index in [-0.39, 0.29) is 47.2 Å². The molecule has 0 bridgehead atoms. The van der Waals surface area contributed by atoms with Crippen molar-refractivity contribution in [3.63, 3.8) is 0 Å². The normalized spacial score (nSPS) is 14.4. The highest BCUT2D eigenvalue weighted by Crippen LogP contribution is 2.28. The Morgan fingerprint density at radius 1 is 1.15 bits per heavy atom. The van der Waals surface area contributed by atoms with Crippen molar-refractivity contribution in [2.24, 2.45) is 5.92 Å². The van der Waals surface area contributed by atoms with Crippen LogP contribution in [0.25, 0.3) is 0 Å². The predicted octanol–water partition coefficient (Wildman–Crippen LogP) is 3.86. The zero-order valence-corrected chi connectivity index (χ0v) is 19.3. The quantitative estimate of drug-likeness (QED) is 0.395. The molecular formula is C23H25ClFN3O6. The second kappa shape index (κ2) is 11.8. The smallest absolute Gasteiger partial charge is 0.291 e. The lowest BCUT2D eigenvalue weighted by Crippen LogP contribution is -2.48. The summed E-state index contributed by atoms with van der Waals surface area (Å²) in [5, 5.41) is 12.7. The standard InChI is InChI=1S/C23H25ClFN3O6/c1-15-2-3-18(11-21(15)25)33-13-17(29)10-16-6-8-27(9-7-16)26-23(30)14-34-19-4-5-20(24)22(12-19)28(31)32/h2-5,11-12,16H,6-10,13-14H2,1H3,(H,26,30). The van der Waals surface area contributed by atoms with Crippen LogP contribution in [-0.4, -0.2) is 47.9 Å². The van der Waals surface area contributed by atoms with Crippen LogP contribution in [-0.2, 0) is 9.59 Å². The Balaban J connectivity index is 1.35. The van der Waals surface area contributed by atoms with Crippen LogP contribution in [0.5, 0.6) is 11.5 Å². The van der Waals surface area contributed by atoms with Crippen LogP contribution in [0.15, 0.2) is 36.4 Å². The number of hydrazine groups is 1. The van der Waals surface area contributed by atoms with Gasteiger partial charge < -0.3 is 9.47 Å². The van der Waals surface area contributed by atoms with Crippen LogP contribution in [0.1, 0.15) is 24.8 Å². The summed E-state index contributed by atoms with van der Waals surface area (Å²) in [6, 6.07) is 8.44. The molecule has 0 aliphatic carbocycles. The van der Waals surface area contributed by atoms with Crippen molar-refractivity contribution < 1.29 is 28.4 Å². The first-order valence-corrected chi connectivity index (χ1v) is 11.1. The van der Waals surface area contributed by atoms with E-state index in [1.54, 1.807) is 24.1 Å². The molecule has 0 radical (unpaired) electrons. The number of amides is 1. The number of piperidine rings is 1. The Labute approximate surface area is 200 Å². The van der Waals surface area contributed by atoms with Crippen molar-refractivity contribution in [2.45, 2.75) is 26.2 Å². The molecule has 0 aromatic heterocycles. The number of nitro groups is 1. The topological polar surface area (TPSA) is 111 Å². The van der Waals surface area contributed by atoms with Gasteiger partial charge in [0.2, 0.25) is 0 Å². The van der Waals surface area contributed by atoms with Crippen molar-refractivity contribution >= 4 is 29.0 Å². The van der Waals surface area contributed by atoms with Gasteiger partial charge in [-0.3, -0.25) is 25.1 Å². The second-order valence-electron chi connectivity index (χ2n) is 8.07. The van der Waals surface area contributed by atoms with E-state index in [4.69, 9.17) is 21.1 Å². The first-order valence-electron chi connectivity index (χ1n) is 10.7. The van der Waals surface area contributed by atoms with Crippen LogP contribution in [0.2, 0.25) is 5.02 Å². The average molecular weight is 494 g/mol. The number of carbonyl (C=O) groups is 2. The first-order chi connectivity index (χ1) is 16.2. The van der Waals surface area contributed by atoms with E-state index < -0.39 is 10.8 Å². The molecule has 3 rings (SSSR count). The Bertz CT molecular complexity index is 1060. The number of nitrogens with one attached hydrogen (secondary N) is 1. The van der Waals surface area contributed by atoms with Gasteiger partial charge in [-0.25, -0.2) is 9.40 Å². The van der Waals surface area contributed by atoms with Gasteiger partial charge in [0.1, 0.15) is 28.9 Å². The summed E-state index contributed by atoms with van der Waals surface area (Å²) >= 11 is 5.76. The van der Waals surface area contributed by atoms with Crippen LogP contribution < -0.4 is 14.9 Å². The fourth-order valence-electron chi connectivity index (χ4n) is 3.54. The van der Waals surface area contributed by atoms with E-state index in [1.165, 1.54) is 18.2 Å². The number of nitrogens with zero attached hydrogens (tertiary/aromatic N) is 2. The second-order valence-corrected chi connectivity index (χ2v) is 8.47. The monoisotopic (exact) mass is 493 g/mol. The number of hydrogen-bond donors (Lipinski definition) is 1. The minimum absolute atomic E-state index is 0.0150. The Kier molecular flexibility index (Phi) is 8.78. The first kappa shape index (κ1) is 25.4. The molecule has 1 saturated heterocycles. The minimum atomic E-state index is -0.626. The van der Waals surface area contributed by atoms with E-state index in [1.807, 2.05) is 0 Å². The lowest BCUT2D eigenvalue weighted by molar-refractivity contribution is -0.384. The number of benzene rings is 2. The molecule has 1 N–H and O–H groups in total. The molecule has 0 spiro atoms. The fourth-order valence-corrected chi connectivity index (χ4v) is 3.72. The molecule has 34 heavy (non-hydrogen) atoms. The minimum Gasteiger partial charge on any atom is -0.486 e. The van der Waals surface area contributed by atoms with Gasteiger partial charge in [0.15, 0.2) is 12.4 Å². The molecule has 0 saturated carbocycles. The predicted molar refractivity (Wildman–Crippen MR) is 122 cm³/mol. The van der Waals surface area contributed by atoms with Gasteiger partial charge in [-0.15, -0.1) is 0 Å². The van der Waals surface area contributed by atoms with Gasteiger partial charge in [-0.1, -0.05) is 17.7 Å². The lowest BCUT2D eigenvalue weighted by Gasteiger charge is -2.31. The fraction of sp³-hybridized carbons (Fsp3) is 0.391. The number of rotatable bonds is 10. The van der Waals surface area contributed by atoms with Crippen LogP contribution in [0, 0.1) is 28.8 Å². The maximum Gasteiger partial charge on any atom is 0.291 e. The van der Waals surface area contributed by atoms with Gasteiger partial charge in [0, 0.05) is 25.6 Å². The van der Waals surface area contributed by atoms with E-state index in [9.17, 15) is 24.1 Å². The van der Waals surface area contributed by atoms with Gasteiger partial charge in [0.05, 0.1) is 11.0 Å². The van der Waals surface area contributed by atoms with Crippen LogP contribution in [0.4, 0.5) is 10.1 Å². The van der Waals surface area contributed by atoms with Gasteiger partial charge >= 0.3 is 0 Å². The van der Waals surface area contributed by atoms with Crippen molar-refractivity contribution in [3.8, 4) is 11.5 Å². The molecule has 1 aliphatic heterocycles. The summed E-state index contributed by atoms with van der Waals surface area (Å²) in [6.07, 6.45) is 1.79. The number of carbonyl (C=O) groups excluding carboxylic acids is 2. The van der Waals surface area contributed by atoms with Crippen molar-refractivity contribution in [1.29, 1.82) is 0 Å². The van der Waals surface area contributed by atoms with Crippen molar-refractivity contribution in [2.75, 3.05) is 26.3 Å². The number of ether oxygens (including phenoxy) is 2. The highest BCUT2D eigenvalue weighted by Gasteiger charge is 2.23. The summed E-state index contributed by atoms with van der Waals surface area (Å²) < 4.78 is 24.3. The number of hydrogen-bond acceptors (Lipinski definition) is 7. The highest BCUT2D eigenvalue weighted by molar-refractivity contribution is 6.32. The molecule has 1 heterocycles. The van der Waals surface area contributed by atoms with Gasteiger partial charge in [0.25, 0.3) is 11.6 Å². The number of nitro benzene ring substituents is 1. The van der Waals surface area contributed by atoms with Gasteiger partial charge in [-0.05, 0) is 49.4 Å². The number of halogens is 2. The number of ketones is 1. The summed E-state index contributed by atoms with van der Waals surface area (Å²) in [7, 11) is 0. The molecule has 2 aromatic rings. The third-order valence-corrected chi connectivity index (χ3v) is 5.76. The molecule has 182 valence electrons. The molecule has 1 fully saturated rings. The Hall–Kier alpha value is -3.24. The largest absolute Gasteiger partial charge is 0.486 e. The Morgan fingerprint density at radius 3 is 2.47 bits per heavy atom. The van der Waals surface area contributed by atoms with Crippen LogP contribution in [0.3, 0.4) is 0 Å². The van der Waals surface area contributed by atoms with E-state index in [2.05, 4.69) is 5.43 Å². The van der Waals surface area contributed by atoms with E-state index >= 15 is 0 Å². The summed E-state index contributed by atoms with van der Waals surface area (Å²) in [5.41, 5.74) is 2.95. The Morgan fingerprint density at radius 2 is 1.79 bits per heavy atom. The lowest BCUT2D eigenvalue weighted by atomic mass is 9.92. The molecule has 2 aromatic carbocycles. The highest BCUT2D eigenvalue weighted by atomic mass is 35.5. The zero-order chi connectivity index (χ0) is 24.7. The van der Waals surface area contributed by atoms with E-state index in [0.29, 0.717) is 30.8 Å². The average Bonchev–Trinajstić information content (AvgIpc) is 2.80. The molecule has 1 amide bonds. The summed E-state index contributed by atoms with van der Waals surface area (Å²) in [6.45, 7) is 2.37. The maximum atomic E-state index is 13.6. The molecule has 9 nitrogen and oxygen atoms in total. The van der Waals surface area contributed by atoms with E-state index in [0.717, 1.165) is 18.9 Å². The summed E-state index contributed by atoms with van der Waals surface area (Å²) in [5.74, 6) is -0.174. The summed E-state index contributed by atoms with van der Waals surface area (Å²) in [4.78, 5) is 34.7. The molecule has 1 aliphatic rings. The molecule has 0 atom stereocenters. The third-order valence-electron chi connectivity index (χ3n) is 5.44. The van der Waals surface area contributed by atoms with Crippen molar-refractivity contribution in [3.05, 3.63) is 62.9 Å². The molecule has 11 heteroatoms. The maximum absolute atomic E-state index is 13.6. The zero-order valence-electron chi connectivity index (χ0n) is 18.6. The molecule has 0 unspecified atom stereocenters. The van der Waals surface area contributed by atoms with Crippen LogP contribution >= 0.6 is 11.6 Å². The molecular weight excluding hydrogens is 469 g/mol. The number of Topliss-reactive ketones (excluding diaryl/α,β-unsaturated/α-hetero) is 1. The van der Waals surface area contributed by atoms with Gasteiger partial charge in [-0.2, -0.15) is 0 Å². The third kappa shape index (κ3) is 7.39. The number of aryl methyl sites for hydroxylation is 1. The van der Waals surface area contributed by atoms with Crippen molar-refractivity contribution in [1.82, 2.24) is 10.4 Å². The SMILES string of the molecule is Cc1ccc(OCC(=O)CC2CCN(NC(=O)COc3ccc(Cl)c([N+](=O)[O-])c3)CC2)cc1F.